The largest absolute Gasteiger partial charge is 0.496 e. The summed E-state index contributed by atoms with van der Waals surface area (Å²) < 4.78 is 19.1. The van der Waals surface area contributed by atoms with Gasteiger partial charge in [0.25, 0.3) is 0 Å². The minimum atomic E-state index is -0.932. The highest BCUT2D eigenvalue weighted by Crippen LogP contribution is 2.32. The third kappa shape index (κ3) is 2.90. The Morgan fingerprint density at radius 2 is 2.27 bits per heavy atom. The zero-order valence-electron chi connectivity index (χ0n) is 8.34. The topological polar surface area (TPSA) is 55.5 Å². The molecule has 15 heavy (non-hydrogen) atoms. The number of benzene rings is 1. The van der Waals surface area contributed by atoms with Crippen molar-refractivity contribution in [3.63, 3.8) is 0 Å². The molecule has 0 fully saturated rings. The zero-order valence-corrected chi connectivity index (χ0v) is 9.92. The maximum absolute atomic E-state index is 13.6. The second-order valence-electron chi connectivity index (χ2n) is 3.10. The number of nitrogens with two attached hydrogens (primary N) is 1. The molecule has 0 aliphatic heterocycles. The van der Waals surface area contributed by atoms with Crippen molar-refractivity contribution in [2.24, 2.45) is 5.73 Å². The number of halogens is 2. The number of hydrogen-bond donors (Lipinski definition) is 2. The third-order valence-corrected chi connectivity index (χ3v) is 2.51. The third-order valence-electron chi connectivity index (χ3n) is 2.05. The SMILES string of the molecule is COc1cc(Br)cc(F)c1[C@@H](O)CCN. The van der Waals surface area contributed by atoms with Crippen molar-refractivity contribution in [2.75, 3.05) is 13.7 Å². The van der Waals surface area contributed by atoms with Crippen LogP contribution in [0.3, 0.4) is 0 Å². The molecular formula is C10H13BrFNO2. The van der Waals surface area contributed by atoms with Crippen LogP contribution in [0.5, 0.6) is 5.75 Å². The zero-order chi connectivity index (χ0) is 11.4. The van der Waals surface area contributed by atoms with E-state index in [2.05, 4.69) is 15.9 Å². The monoisotopic (exact) mass is 277 g/mol. The first kappa shape index (κ1) is 12.4. The van der Waals surface area contributed by atoms with E-state index in [1.165, 1.54) is 13.2 Å². The lowest BCUT2D eigenvalue weighted by atomic mass is 10.0. The van der Waals surface area contributed by atoms with E-state index in [1.807, 2.05) is 0 Å². The Balaban J connectivity index is 3.14. The van der Waals surface area contributed by atoms with E-state index in [-0.39, 0.29) is 5.56 Å². The summed E-state index contributed by atoms with van der Waals surface area (Å²) >= 11 is 3.15. The molecule has 3 nitrogen and oxygen atoms in total. The molecule has 84 valence electrons. The van der Waals surface area contributed by atoms with Crippen LogP contribution in [-0.4, -0.2) is 18.8 Å². The van der Waals surface area contributed by atoms with Gasteiger partial charge in [0.15, 0.2) is 0 Å². The fourth-order valence-corrected chi connectivity index (χ4v) is 1.76. The van der Waals surface area contributed by atoms with Gasteiger partial charge in [-0.3, -0.25) is 0 Å². The minimum absolute atomic E-state index is 0.158. The second-order valence-corrected chi connectivity index (χ2v) is 4.01. The molecule has 0 saturated carbocycles. The van der Waals surface area contributed by atoms with Gasteiger partial charge >= 0.3 is 0 Å². The Morgan fingerprint density at radius 1 is 1.60 bits per heavy atom. The van der Waals surface area contributed by atoms with Gasteiger partial charge in [0.05, 0.1) is 18.8 Å². The van der Waals surface area contributed by atoms with Gasteiger partial charge in [-0.1, -0.05) is 15.9 Å². The molecule has 0 saturated heterocycles. The Kier molecular flexibility index (Phi) is 4.50. The van der Waals surface area contributed by atoms with E-state index in [0.29, 0.717) is 23.2 Å². The van der Waals surface area contributed by atoms with Crippen LogP contribution in [0.1, 0.15) is 18.1 Å². The molecule has 0 amide bonds. The molecule has 3 N–H and O–H groups in total. The number of aliphatic hydroxyl groups excluding tert-OH is 1. The summed E-state index contributed by atoms with van der Waals surface area (Å²) in [6, 6.07) is 2.90. The van der Waals surface area contributed by atoms with E-state index in [0.717, 1.165) is 0 Å². The average molecular weight is 278 g/mol. The smallest absolute Gasteiger partial charge is 0.133 e. The summed E-state index contributed by atoms with van der Waals surface area (Å²) in [5.74, 6) is -0.176. The van der Waals surface area contributed by atoms with Crippen LogP contribution in [0, 0.1) is 5.82 Å². The fourth-order valence-electron chi connectivity index (χ4n) is 1.36. The highest BCUT2D eigenvalue weighted by molar-refractivity contribution is 9.10. The summed E-state index contributed by atoms with van der Waals surface area (Å²) in [5, 5.41) is 9.69. The fraction of sp³-hybridized carbons (Fsp3) is 0.400. The van der Waals surface area contributed by atoms with Crippen molar-refractivity contribution >= 4 is 15.9 Å². The maximum atomic E-state index is 13.6. The van der Waals surface area contributed by atoms with E-state index in [1.54, 1.807) is 6.07 Å². The molecule has 0 radical (unpaired) electrons. The van der Waals surface area contributed by atoms with Crippen LogP contribution < -0.4 is 10.5 Å². The highest BCUT2D eigenvalue weighted by atomic mass is 79.9. The summed E-state index contributed by atoms with van der Waals surface area (Å²) in [4.78, 5) is 0. The van der Waals surface area contributed by atoms with Crippen molar-refractivity contribution in [1.29, 1.82) is 0 Å². The number of ether oxygens (including phenoxy) is 1. The van der Waals surface area contributed by atoms with E-state index in [4.69, 9.17) is 10.5 Å². The first-order valence-corrected chi connectivity index (χ1v) is 5.30. The first-order valence-electron chi connectivity index (χ1n) is 4.51. The van der Waals surface area contributed by atoms with Crippen molar-refractivity contribution in [3.05, 3.63) is 28.0 Å². The Morgan fingerprint density at radius 3 is 2.80 bits per heavy atom. The average Bonchev–Trinajstić information content (AvgIpc) is 2.16. The lowest BCUT2D eigenvalue weighted by Crippen LogP contribution is -2.09. The molecule has 5 heteroatoms. The van der Waals surface area contributed by atoms with E-state index < -0.39 is 11.9 Å². The van der Waals surface area contributed by atoms with Crippen molar-refractivity contribution in [3.8, 4) is 5.75 Å². The van der Waals surface area contributed by atoms with Gasteiger partial charge in [-0.15, -0.1) is 0 Å². The highest BCUT2D eigenvalue weighted by Gasteiger charge is 2.18. The number of hydrogen-bond acceptors (Lipinski definition) is 3. The van der Waals surface area contributed by atoms with Crippen molar-refractivity contribution in [2.45, 2.75) is 12.5 Å². The molecule has 1 rings (SSSR count). The second kappa shape index (κ2) is 5.44. The van der Waals surface area contributed by atoms with Crippen LogP contribution >= 0.6 is 15.9 Å². The molecule has 0 aliphatic carbocycles. The van der Waals surface area contributed by atoms with Crippen molar-refractivity contribution < 1.29 is 14.2 Å². The summed E-state index contributed by atoms with van der Waals surface area (Å²) in [6.07, 6.45) is -0.632. The Labute approximate surface area is 96.2 Å². The van der Waals surface area contributed by atoms with Gasteiger partial charge in [-0.2, -0.15) is 0 Å². The summed E-state index contributed by atoms with van der Waals surface area (Å²) in [5.41, 5.74) is 5.46. The molecule has 0 unspecified atom stereocenters. The van der Waals surface area contributed by atoms with Crippen molar-refractivity contribution in [1.82, 2.24) is 0 Å². The quantitative estimate of drug-likeness (QED) is 0.885. The minimum Gasteiger partial charge on any atom is -0.496 e. The molecule has 0 spiro atoms. The maximum Gasteiger partial charge on any atom is 0.133 e. The lowest BCUT2D eigenvalue weighted by molar-refractivity contribution is 0.161. The molecule has 1 aromatic rings. The predicted octanol–water partition coefficient (Wildman–Crippen LogP) is 1.98. The van der Waals surface area contributed by atoms with Gasteiger partial charge < -0.3 is 15.6 Å². The molecule has 0 bridgehead atoms. The van der Waals surface area contributed by atoms with E-state index >= 15 is 0 Å². The first-order chi connectivity index (χ1) is 7.10. The van der Waals surface area contributed by atoms with Gasteiger partial charge in [-0.25, -0.2) is 4.39 Å². The number of methoxy groups -OCH3 is 1. The Hall–Kier alpha value is -0.650. The van der Waals surface area contributed by atoms with Gasteiger partial charge in [0.2, 0.25) is 0 Å². The molecule has 0 heterocycles. The van der Waals surface area contributed by atoms with Crippen LogP contribution in [-0.2, 0) is 0 Å². The van der Waals surface area contributed by atoms with Crippen LogP contribution in [0.15, 0.2) is 16.6 Å². The number of aliphatic hydroxyl groups is 1. The summed E-state index contributed by atoms with van der Waals surface area (Å²) in [7, 11) is 1.43. The van der Waals surface area contributed by atoms with Crippen LogP contribution in [0.2, 0.25) is 0 Å². The predicted molar refractivity (Wildman–Crippen MR) is 59.3 cm³/mol. The lowest BCUT2D eigenvalue weighted by Gasteiger charge is -2.15. The van der Waals surface area contributed by atoms with E-state index in [9.17, 15) is 9.50 Å². The van der Waals surface area contributed by atoms with Gasteiger partial charge in [0.1, 0.15) is 11.6 Å². The van der Waals surface area contributed by atoms with Crippen LogP contribution in [0.4, 0.5) is 4.39 Å². The molecule has 0 aromatic heterocycles. The molecule has 1 aromatic carbocycles. The number of rotatable bonds is 4. The molecular weight excluding hydrogens is 265 g/mol. The molecule has 0 aliphatic rings. The van der Waals surface area contributed by atoms with Crippen LogP contribution in [0.25, 0.3) is 0 Å². The normalized spacial score (nSPS) is 12.6. The standard InChI is InChI=1S/C10H13BrFNO2/c1-15-9-5-6(11)4-7(12)10(9)8(14)2-3-13/h4-5,8,14H,2-3,13H2,1H3/t8-/m0/s1. The van der Waals surface area contributed by atoms with Gasteiger partial charge in [-0.05, 0) is 25.1 Å². The molecule has 1 atom stereocenters. The van der Waals surface area contributed by atoms with Gasteiger partial charge in [0, 0.05) is 4.47 Å². The Bertz CT molecular complexity index is 346. The summed E-state index contributed by atoms with van der Waals surface area (Å²) in [6.45, 7) is 0.291.